The van der Waals surface area contributed by atoms with Crippen LogP contribution >= 0.6 is 0 Å². The van der Waals surface area contributed by atoms with Crippen LogP contribution in [-0.2, 0) is 0 Å². The third-order valence-corrected chi connectivity index (χ3v) is 1.19. The Labute approximate surface area is 114 Å². The fourth-order valence-electron chi connectivity index (χ4n) is 0.637. The zero-order chi connectivity index (χ0) is 9.35. The van der Waals surface area contributed by atoms with E-state index >= 15 is 0 Å². The van der Waals surface area contributed by atoms with Crippen molar-refractivity contribution in [2.75, 3.05) is 0 Å². The molecule has 1 N–H and O–H groups in total. The molecule has 0 spiro atoms. The number of rotatable bonds is 2. The molecule has 0 bridgehead atoms. The van der Waals surface area contributed by atoms with Gasteiger partial charge in [-0.05, 0) is 6.07 Å². The second-order valence-electron chi connectivity index (χ2n) is 2.12. The van der Waals surface area contributed by atoms with Crippen molar-refractivity contribution in [3.05, 3.63) is 17.9 Å². The zero-order valence-corrected chi connectivity index (χ0v) is 9.75. The summed E-state index contributed by atoms with van der Waals surface area (Å²) in [6.07, 6.45) is 0.562. The first-order valence-corrected chi connectivity index (χ1v) is 2.93. The van der Waals surface area contributed by atoms with Crippen LogP contribution in [0.5, 0.6) is 0 Å². The van der Waals surface area contributed by atoms with E-state index in [9.17, 15) is 17.7 Å². The van der Waals surface area contributed by atoms with Crippen LogP contribution in [0.15, 0.2) is 16.7 Å². The molecule has 0 atom stereocenters. The largest absolute Gasteiger partial charge is 1.00 e. The molecule has 8 heteroatoms. The fraction of sp³-hybridized carbons (Fsp3) is 0. The Morgan fingerprint density at radius 1 is 1.46 bits per heavy atom. The minimum absolute atomic E-state index is 0. The molecule has 0 aliphatic carbocycles. The normalized spacial score (nSPS) is 10.7. The summed E-state index contributed by atoms with van der Waals surface area (Å²) in [7, 11) is 0. The van der Waals surface area contributed by atoms with Crippen LogP contribution in [0.1, 0.15) is 10.4 Å². The summed E-state index contributed by atoms with van der Waals surface area (Å²) in [4.78, 5) is 10.1. The summed E-state index contributed by atoms with van der Waals surface area (Å²) in [5.41, 5.74) is -1.74. The summed E-state index contributed by atoms with van der Waals surface area (Å²) in [6.45, 7) is -5.24. The molecule has 0 aliphatic rings. The predicted molar refractivity (Wildman–Crippen MR) is 34.4 cm³/mol. The van der Waals surface area contributed by atoms with Gasteiger partial charge in [-0.25, -0.2) is 4.79 Å². The van der Waals surface area contributed by atoms with Crippen LogP contribution in [0.4, 0.5) is 12.9 Å². The summed E-state index contributed by atoms with van der Waals surface area (Å²) < 4.78 is 39.5. The molecule has 0 radical (unpaired) electrons. The van der Waals surface area contributed by atoms with E-state index in [4.69, 9.17) is 5.11 Å². The van der Waals surface area contributed by atoms with Crippen LogP contribution < -0.4 is 57.0 Å². The molecule has 13 heavy (non-hydrogen) atoms. The number of carboxylic acids is 1. The maximum atomic E-state index is 11.8. The van der Waals surface area contributed by atoms with Crippen LogP contribution in [-0.4, -0.2) is 18.1 Å². The number of halogens is 3. The molecular formula is C5H3BF3KO3. The SMILES string of the molecule is O=C(O)c1coc([B-](F)(F)F)c1.[K+]. The van der Waals surface area contributed by atoms with Gasteiger partial charge in [0.05, 0.1) is 5.56 Å². The van der Waals surface area contributed by atoms with Gasteiger partial charge in [0.25, 0.3) is 0 Å². The summed E-state index contributed by atoms with van der Waals surface area (Å²) in [5.74, 6) is -1.44. The first kappa shape index (κ1) is 13.2. The van der Waals surface area contributed by atoms with E-state index in [1.807, 2.05) is 0 Å². The quantitative estimate of drug-likeness (QED) is 0.586. The van der Waals surface area contributed by atoms with Crippen molar-refractivity contribution >= 4 is 18.6 Å². The third kappa shape index (κ3) is 3.47. The van der Waals surface area contributed by atoms with Gasteiger partial charge >= 0.3 is 64.3 Å². The van der Waals surface area contributed by atoms with Crippen LogP contribution in [0, 0.1) is 0 Å². The van der Waals surface area contributed by atoms with E-state index in [1.165, 1.54) is 0 Å². The molecule has 1 heterocycles. The summed E-state index contributed by atoms with van der Waals surface area (Å²) >= 11 is 0. The second kappa shape index (κ2) is 4.65. The molecule has 0 amide bonds. The Morgan fingerprint density at radius 2 is 2.00 bits per heavy atom. The third-order valence-electron chi connectivity index (χ3n) is 1.19. The fourth-order valence-corrected chi connectivity index (χ4v) is 0.637. The second-order valence-corrected chi connectivity index (χ2v) is 2.12. The van der Waals surface area contributed by atoms with Crippen molar-refractivity contribution in [1.82, 2.24) is 0 Å². The molecule has 0 saturated heterocycles. The van der Waals surface area contributed by atoms with Gasteiger partial charge in [-0.15, -0.1) is 0 Å². The Morgan fingerprint density at radius 3 is 2.23 bits per heavy atom. The molecule has 66 valence electrons. The zero-order valence-electron chi connectivity index (χ0n) is 6.63. The van der Waals surface area contributed by atoms with Crippen LogP contribution in [0.25, 0.3) is 0 Å². The van der Waals surface area contributed by atoms with Crippen LogP contribution in [0.2, 0.25) is 0 Å². The van der Waals surface area contributed by atoms with Crippen molar-refractivity contribution in [3.63, 3.8) is 0 Å². The number of hydrogen-bond acceptors (Lipinski definition) is 2. The number of aromatic carboxylic acids is 1. The van der Waals surface area contributed by atoms with Gasteiger partial charge in [0.1, 0.15) is 6.26 Å². The number of carboxylic acid groups (broad SMARTS) is 1. The summed E-state index contributed by atoms with van der Waals surface area (Å²) in [5, 5.41) is 8.24. The Bertz CT molecular complexity index is 308. The van der Waals surface area contributed by atoms with Crippen molar-refractivity contribution in [1.29, 1.82) is 0 Å². The molecule has 3 nitrogen and oxygen atoms in total. The molecule has 0 fully saturated rings. The molecule has 0 saturated carbocycles. The van der Waals surface area contributed by atoms with Crippen molar-refractivity contribution in [3.8, 4) is 0 Å². The van der Waals surface area contributed by atoms with Gasteiger partial charge in [0, 0.05) is 5.66 Å². The summed E-state index contributed by atoms with van der Waals surface area (Å²) in [6, 6.07) is 0.461. The molecule has 1 aromatic heterocycles. The number of hydrogen-bond donors (Lipinski definition) is 1. The first-order valence-electron chi connectivity index (χ1n) is 2.93. The number of furan rings is 1. The Balaban J connectivity index is 0.00000144. The molecule has 0 unspecified atom stereocenters. The van der Waals surface area contributed by atoms with Gasteiger partial charge < -0.3 is 22.5 Å². The standard InChI is InChI=1S/C5H3BF3O3.K/c7-6(8,9)4-1-3(2-12-4)5(10)11;/h1-2H,(H,10,11);/q-1;+1. The topological polar surface area (TPSA) is 50.4 Å². The van der Waals surface area contributed by atoms with Crippen molar-refractivity contribution < 1.29 is 78.6 Å². The minimum Gasteiger partial charge on any atom is -0.500 e. The number of carbonyl (C=O) groups is 1. The van der Waals surface area contributed by atoms with Gasteiger partial charge in [-0.1, -0.05) is 0 Å². The van der Waals surface area contributed by atoms with E-state index in [1.54, 1.807) is 0 Å². The average Bonchev–Trinajstić information content (AvgIpc) is 2.30. The molecule has 1 aromatic rings. The van der Waals surface area contributed by atoms with E-state index in [2.05, 4.69) is 4.42 Å². The molecular weight excluding hydrogens is 215 g/mol. The maximum Gasteiger partial charge on any atom is 1.00 e. The smallest absolute Gasteiger partial charge is 0.500 e. The average molecular weight is 218 g/mol. The minimum atomic E-state index is -5.24. The Hall–Kier alpha value is 0.241. The van der Waals surface area contributed by atoms with Crippen molar-refractivity contribution in [2.45, 2.75) is 0 Å². The van der Waals surface area contributed by atoms with E-state index in [0.717, 1.165) is 0 Å². The first-order chi connectivity index (χ1) is 5.41. The van der Waals surface area contributed by atoms with E-state index in [0.29, 0.717) is 12.3 Å². The molecule has 0 aliphatic heterocycles. The predicted octanol–water partition coefficient (Wildman–Crippen LogP) is -1.96. The van der Waals surface area contributed by atoms with Gasteiger partial charge in [0.15, 0.2) is 0 Å². The van der Waals surface area contributed by atoms with Gasteiger partial charge in [-0.3, -0.25) is 0 Å². The Kier molecular flexibility index (Phi) is 4.74. The maximum absolute atomic E-state index is 11.8. The van der Waals surface area contributed by atoms with E-state index in [-0.39, 0.29) is 51.4 Å². The van der Waals surface area contributed by atoms with E-state index < -0.39 is 24.2 Å². The van der Waals surface area contributed by atoms with Gasteiger partial charge in [-0.2, -0.15) is 0 Å². The van der Waals surface area contributed by atoms with Gasteiger partial charge in [0.2, 0.25) is 0 Å². The monoisotopic (exact) mass is 218 g/mol. The van der Waals surface area contributed by atoms with Crippen molar-refractivity contribution in [2.24, 2.45) is 0 Å². The van der Waals surface area contributed by atoms with Crippen LogP contribution in [0.3, 0.4) is 0 Å². The molecule has 0 aromatic carbocycles. The molecule has 1 rings (SSSR count).